The summed E-state index contributed by atoms with van der Waals surface area (Å²) in [7, 11) is 0. The molecular formula is C35H54O9. The van der Waals surface area contributed by atoms with E-state index in [1.165, 1.54) is 5.57 Å². The summed E-state index contributed by atoms with van der Waals surface area (Å²) in [5, 5.41) is 52.1. The van der Waals surface area contributed by atoms with Crippen LogP contribution < -0.4 is 0 Å². The third-order valence-corrected chi connectivity index (χ3v) is 14.9. The first-order valence-electron chi connectivity index (χ1n) is 16.9. The molecule has 4 saturated carbocycles. The summed E-state index contributed by atoms with van der Waals surface area (Å²) in [6.45, 7) is 13.2. The minimum atomic E-state index is -1.48. The molecule has 0 bridgehead atoms. The molecule has 0 aromatic carbocycles. The highest BCUT2D eigenvalue weighted by Crippen LogP contribution is 2.76. The van der Waals surface area contributed by atoms with Crippen LogP contribution in [0.2, 0.25) is 0 Å². The maximum Gasteiger partial charge on any atom is 0.312 e. The summed E-state index contributed by atoms with van der Waals surface area (Å²) in [5.74, 6) is -1.51. The van der Waals surface area contributed by atoms with Crippen molar-refractivity contribution in [2.24, 2.45) is 50.2 Å². The predicted octanol–water partition coefficient (Wildman–Crippen LogP) is 4.76. The molecule has 0 radical (unpaired) electrons. The molecule has 0 amide bonds. The summed E-state index contributed by atoms with van der Waals surface area (Å²) in [6, 6.07) is 0. The van der Waals surface area contributed by atoms with Gasteiger partial charge in [0.05, 0.1) is 23.5 Å². The Balaban J connectivity index is 1.34. The highest BCUT2D eigenvalue weighted by Gasteiger charge is 2.71. The average molecular weight is 619 g/mol. The smallest absolute Gasteiger partial charge is 0.312 e. The van der Waals surface area contributed by atoms with Crippen molar-refractivity contribution >= 4 is 11.9 Å². The molecule has 5 aliphatic carbocycles. The first-order valence-corrected chi connectivity index (χ1v) is 16.9. The van der Waals surface area contributed by atoms with E-state index in [1.807, 2.05) is 0 Å². The molecule has 13 atom stereocenters. The van der Waals surface area contributed by atoms with Crippen LogP contribution in [0.3, 0.4) is 0 Å². The van der Waals surface area contributed by atoms with Crippen molar-refractivity contribution in [3.05, 3.63) is 11.6 Å². The van der Waals surface area contributed by atoms with Gasteiger partial charge in [-0.15, -0.1) is 0 Å². The Labute approximate surface area is 261 Å². The van der Waals surface area contributed by atoms with Gasteiger partial charge in [0.2, 0.25) is 0 Å². The number of hydrogen-bond donors (Lipinski definition) is 5. The standard InChI is InChI=1S/C35H54O9/c1-30(2)13-15-35(29(41)42)16-14-32(4)19(20(35)17-30)7-8-22-31(3)11-10-24(44-27-26(38)25(37)21(36)18-43-27)34(6,28(39)40)23(31)9-12-33(22,32)5/h7,20-27,36-38H,8-18H2,1-6H3,(H,39,40)(H,41,42)/t20-,21+,22+,23+,24-,25-,26+,27-,31+,32+,33+,34-,35+/m0/s1. The maximum atomic E-state index is 13.2. The van der Waals surface area contributed by atoms with E-state index in [1.54, 1.807) is 6.92 Å². The summed E-state index contributed by atoms with van der Waals surface area (Å²) >= 11 is 0. The van der Waals surface area contributed by atoms with Gasteiger partial charge in [0.15, 0.2) is 6.29 Å². The van der Waals surface area contributed by atoms with Crippen LogP contribution in [0, 0.1) is 50.2 Å². The van der Waals surface area contributed by atoms with Crippen molar-refractivity contribution < 1.29 is 44.6 Å². The minimum Gasteiger partial charge on any atom is -0.481 e. The number of carboxylic acid groups (broad SMARTS) is 2. The van der Waals surface area contributed by atoms with E-state index in [9.17, 15) is 35.1 Å². The predicted molar refractivity (Wildman–Crippen MR) is 161 cm³/mol. The van der Waals surface area contributed by atoms with Gasteiger partial charge in [0.25, 0.3) is 0 Å². The Hall–Kier alpha value is -1.52. The van der Waals surface area contributed by atoms with Crippen LogP contribution >= 0.6 is 0 Å². The number of aliphatic hydroxyl groups is 3. The van der Waals surface area contributed by atoms with Gasteiger partial charge in [0, 0.05) is 0 Å². The Kier molecular flexibility index (Phi) is 7.54. The fourth-order valence-electron chi connectivity index (χ4n) is 11.9. The molecule has 1 aliphatic heterocycles. The lowest BCUT2D eigenvalue weighted by atomic mass is 9.33. The molecule has 6 aliphatic rings. The number of hydrogen-bond acceptors (Lipinski definition) is 7. The number of allylic oxidation sites excluding steroid dienone is 2. The SMILES string of the molecule is CC1(C)CC[C@@]2(C(=O)O)CC[C@]3(C)C(=CC[C@@H]4[C@@]5(C)CC[C@H](O[C@@H]6OC[C@@H](O)[C@H](O)[C@H]6O)[C@@](C)(C(=O)O)[C@@H]5CC[C@]43C)[C@@H]2C1. The lowest BCUT2D eigenvalue weighted by molar-refractivity contribution is -0.308. The van der Waals surface area contributed by atoms with Crippen LogP contribution in [-0.4, -0.2) is 74.8 Å². The highest BCUT2D eigenvalue weighted by molar-refractivity contribution is 5.77. The lowest BCUT2D eigenvalue weighted by Gasteiger charge is -2.71. The molecule has 9 heteroatoms. The molecule has 44 heavy (non-hydrogen) atoms. The largest absolute Gasteiger partial charge is 0.481 e. The Morgan fingerprint density at radius 3 is 2.18 bits per heavy atom. The van der Waals surface area contributed by atoms with Gasteiger partial charge in [-0.3, -0.25) is 9.59 Å². The maximum absolute atomic E-state index is 13.2. The molecule has 1 saturated heterocycles. The Morgan fingerprint density at radius 1 is 0.841 bits per heavy atom. The number of fused-ring (bicyclic) bond motifs is 7. The fraction of sp³-hybridized carbons (Fsp3) is 0.886. The lowest BCUT2D eigenvalue weighted by Crippen LogP contribution is -2.67. The second kappa shape index (κ2) is 10.2. The molecule has 0 aromatic heterocycles. The summed E-state index contributed by atoms with van der Waals surface area (Å²) in [4.78, 5) is 26.2. The van der Waals surface area contributed by atoms with E-state index in [0.29, 0.717) is 19.3 Å². The van der Waals surface area contributed by atoms with Crippen molar-refractivity contribution in [2.45, 2.75) is 136 Å². The molecule has 0 spiro atoms. The van der Waals surface area contributed by atoms with Crippen LogP contribution in [0.1, 0.15) is 106 Å². The first-order chi connectivity index (χ1) is 20.4. The second-order valence-electron chi connectivity index (χ2n) is 17.2. The molecule has 0 unspecified atom stereocenters. The number of aliphatic carboxylic acids is 2. The van der Waals surface area contributed by atoms with Gasteiger partial charge in [-0.05, 0) is 111 Å². The van der Waals surface area contributed by atoms with E-state index >= 15 is 0 Å². The van der Waals surface area contributed by atoms with Gasteiger partial charge in [0.1, 0.15) is 18.3 Å². The third-order valence-electron chi connectivity index (χ3n) is 14.9. The molecule has 5 fully saturated rings. The molecule has 5 N–H and O–H groups in total. The number of rotatable bonds is 4. The zero-order chi connectivity index (χ0) is 32.3. The van der Waals surface area contributed by atoms with Crippen LogP contribution in [0.4, 0.5) is 0 Å². The van der Waals surface area contributed by atoms with Crippen molar-refractivity contribution in [3.63, 3.8) is 0 Å². The van der Waals surface area contributed by atoms with Gasteiger partial charge in [-0.1, -0.05) is 46.3 Å². The molecule has 6 rings (SSSR count). The number of ether oxygens (including phenoxy) is 2. The minimum absolute atomic E-state index is 0.0232. The quantitative estimate of drug-likeness (QED) is 0.222. The monoisotopic (exact) mass is 618 g/mol. The van der Waals surface area contributed by atoms with Crippen molar-refractivity contribution in [1.82, 2.24) is 0 Å². The van der Waals surface area contributed by atoms with E-state index in [2.05, 4.69) is 40.7 Å². The van der Waals surface area contributed by atoms with Gasteiger partial charge in [-0.2, -0.15) is 0 Å². The van der Waals surface area contributed by atoms with Gasteiger partial charge in [-0.25, -0.2) is 0 Å². The van der Waals surface area contributed by atoms with Crippen molar-refractivity contribution in [1.29, 1.82) is 0 Å². The topological polar surface area (TPSA) is 154 Å². The molecule has 9 nitrogen and oxygen atoms in total. The molecule has 1 heterocycles. The van der Waals surface area contributed by atoms with Crippen LogP contribution in [0.25, 0.3) is 0 Å². The Bertz CT molecular complexity index is 1230. The van der Waals surface area contributed by atoms with Crippen molar-refractivity contribution in [3.8, 4) is 0 Å². The van der Waals surface area contributed by atoms with E-state index in [0.717, 1.165) is 44.9 Å². The summed E-state index contributed by atoms with van der Waals surface area (Å²) in [6.07, 6.45) is 3.98. The van der Waals surface area contributed by atoms with Crippen LogP contribution in [-0.2, 0) is 19.1 Å². The van der Waals surface area contributed by atoms with E-state index in [4.69, 9.17) is 9.47 Å². The van der Waals surface area contributed by atoms with Crippen LogP contribution in [0.15, 0.2) is 11.6 Å². The first kappa shape index (κ1) is 32.4. The second-order valence-corrected chi connectivity index (χ2v) is 17.2. The normalized spacial score (nSPS) is 53.2. The van der Waals surface area contributed by atoms with Crippen LogP contribution in [0.5, 0.6) is 0 Å². The fourth-order valence-corrected chi connectivity index (χ4v) is 11.9. The highest BCUT2D eigenvalue weighted by atomic mass is 16.7. The third kappa shape index (κ3) is 4.21. The zero-order valence-electron chi connectivity index (χ0n) is 27.3. The molecular weight excluding hydrogens is 564 g/mol. The summed E-state index contributed by atoms with van der Waals surface area (Å²) in [5.41, 5.74) is -1.06. The number of carboxylic acids is 2. The number of carbonyl (C=O) groups is 2. The average Bonchev–Trinajstić information content (AvgIpc) is 2.94. The molecule has 0 aromatic rings. The Morgan fingerprint density at radius 2 is 1.52 bits per heavy atom. The van der Waals surface area contributed by atoms with E-state index < -0.39 is 53.5 Å². The molecule has 248 valence electrons. The zero-order valence-corrected chi connectivity index (χ0v) is 27.3. The van der Waals surface area contributed by atoms with Gasteiger partial charge >= 0.3 is 11.9 Å². The van der Waals surface area contributed by atoms with Crippen molar-refractivity contribution in [2.75, 3.05) is 6.61 Å². The summed E-state index contributed by atoms with van der Waals surface area (Å²) < 4.78 is 11.8. The van der Waals surface area contributed by atoms with E-state index in [-0.39, 0.29) is 46.0 Å². The number of aliphatic hydroxyl groups excluding tert-OH is 3. The van der Waals surface area contributed by atoms with Gasteiger partial charge < -0.3 is 35.0 Å².